The van der Waals surface area contributed by atoms with Crippen LogP contribution in [0.3, 0.4) is 0 Å². The van der Waals surface area contributed by atoms with Crippen LogP contribution in [0.4, 0.5) is 11.4 Å². The smallest absolute Gasteiger partial charge is 0.295 e. The molecule has 0 atom stereocenters. The molecule has 0 saturated heterocycles. The average Bonchev–Trinajstić information content (AvgIpc) is 3.11. The Morgan fingerprint density at radius 2 is 1.51 bits per heavy atom. The highest BCUT2D eigenvalue weighted by molar-refractivity contribution is 6.07. The highest BCUT2D eigenvalue weighted by Gasteiger charge is 2.19. The fourth-order valence-electron chi connectivity index (χ4n) is 3.83. The number of ether oxygens (including phenoxy) is 1. The monoisotopic (exact) mass is 498 g/mol. The molecule has 37 heavy (non-hydrogen) atoms. The zero-order chi connectivity index (χ0) is 26.5. The molecule has 0 aliphatic heterocycles. The van der Waals surface area contributed by atoms with Crippen molar-refractivity contribution < 1.29 is 14.3 Å². The van der Waals surface area contributed by atoms with Crippen LogP contribution < -0.4 is 20.9 Å². The first kappa shape index (κ1) is 25.5. The first-order valence-electron chi connectivity index (χ1n) is 12.0. The minimum Gasteiger partial charge on any atom is -0.493 e. The van der Waals surface area contributed by atoms with Crippen molar-refractivity contribution in [3.8, 4) is 11.4 Å². The number of nitrogens with zero attached hydrogens (tertiary/aromatic N) is 2. The van der Waals surface area contributed by atoms with Crippen molar-refractivity contribution in [3.05, 3.63) is 106 Å². The molecule has 0 spiro atoms. The van der Waals surface area contributed by atoms with Crippen LogP contribution in [-0.4, -0.2) is 27.8 Å². The zero-order valence-corrected chi connectivity index (χ0v) is 21.3. The number of nitrogens with one attached hydrogen (secondary N) is 2. The minimum atomic E-state index is -0.453. The molecule has 3 aromatic carbocycles. The number of rotatable bonds is 8. The summed E-state index contributed by atoms with van der Waals surface area (Å²) in [5, 5.41) is 5.57. The summed E-state index contributed by atoms with van der Waals surface area (Å²) in [5.41, 5.74) is 2.39. The van der Waals surface area contributed by atoms with Crippen LogP contribution in [0.15, 0.2) is 83.7 Å². The van der Waals surface area contributed by atoms with E-state index in [-0.39, 0.29) is 17.2 Å². The fourth-order valence-corrected chi connectivity index (χ4v) is 3.83. The molecular weight excluding hydrogens is 468 g/mol. The highest BCUT2D eigenvalue weighted by atomic mass is 16.5. The molecule has 8 nitrogen and oxygen atoms in total. The molecule has 0 saturated carbocycles. The lowest BCUT2D eigenvalue weighted by molar-refractivity contribution is 0.101. The Bertz CT molecular complexity index is 1490. The van der Waals surface area contributed by atoms with Crippen LogP contribution in [-0.2, 0) is 7.05 Å². The molecule has 8 heteroatoms. The van der Waals surface area contributed by atoms with E-state index in [2.05, 4.69) is 24.5 Å². The van der Waals surface area contributed by atoms with E-state index < -0.39 is 5.91 Å². The topological polar surface area (TPSA) is 94.4 Å². The highest BCUT2D eigenvalue weighted by Crippen LogP contribution is 2.19. The van der Waals surface area contributed by atoms with Crippen molar-refractivity contribution in [1.29, 1.82) is 0 Å². The van der Waals surface area contributed by atoms with E-state index in [1.54, 1.807) is 67.2 Å². The number of benzene rings is 3. The summed E-state index contributed by atoms with van der Waals surface area (Å²) in [6.45, 7) is 6.43. The summed E-state index contributed by atoms with van der Waals surface area (Å²) in [5.74, 6) is 0.213. The maximum atomic E-state index is 13.1. The Hall–Kier alpha value is -4.59. The van der Waals surface area contributed by atoms with Gasteiger partial charge >= 0.3 is 0 Å². The third-order valence-electron chi connectivity index (χ3n) is 5.85. The summed E-state index contributed by atoms with van der Waals surface area (Å²) in [4.78, 5) is 39.0. The van der Waals surface area contributed by atoms with Crippen LogP contribution in [0.25, 0.3) is 5.69 Å². The van der Waals surface area contributed by atoms with Gasteiger partial charge in [0.05, 0.1) is 18.0 Å². The number of amides is 2. The number of anilines is 2. The van der Waals surface area contributed by atoms with Crippen molar-refractivity contribution in [2.24, 2.45) is 13.0 Å². The Morgan fingerprint density at radius 3 is 2.22 bits per heavy atom. The Morgan fingerprint density at radius 1 is 0.865 bits per heavy atom. The number of carbonyl (C=O) groups is 2. The van der Waals surface area contributed by atoms with Crippen LogP contribution in [0.1, 0.15) is 40.3 Å². The molecule has 0 fully saturated rings. The summed E-state index contributed by atoms with van der Waals surface area (Å²) in [7, 11) is 1.76. The Kier molecular flexibility index (Phi) is 7.57. The second kappa shape index (κ2) is 11.0. The predicted octanol–water partition coefficient (Wildman–Crippen LogP) is 5.02. The lowest BCUT2D eigenvalue weighted by Gasteiger charge is -2.11. The average molecular weight is 499 g/mol. The molecule has 2 N–H and O–H groups in total. The summed E-state index contributed by atoms with van der Waals surface area (Å²) in [6.07, 6.45) is 0. The van der Waals surface area contributed by atoms with Gasteiger partial charge in [0.2, 0.25) is 0 Å². The third-order valence-corrected chi connectivity index (χ3v) is 5.85. The molecular formula is C29H30N4O4. The number of para-hydroxylation sites is 1. The third kappa shape index (κ3) is 5.81. The molecule has 0 radical (unpaired) electrons. The van der Waals surface area contributed by atoms with Crippen LogP contribution in [0.2, 0.25) is 0 Å². The van der Waals surface area contributed by atoms with Gasteiger partial charge in [-0.05, 0) is 61.4 Å². The Labute approximate surface area is 215 Å². The SMILES string of the molecule is Cc1c(NC(=O)c2cccc(NC(=O)c3cccc(OCC(C)C)c3)c2)c(=O)n(-c2ccccc2)n1C. The maximum absolute atomic E-state index is 13.1. The molecule has 1 aromatic heterocycles. The first-order valence-corrected chi connectivity index (χ1v) is 12.0. The van der Waals surface area contributed by atoms with Gasteiger partial charge in [0, 0.05) is 23.9 Å². The number of aromatic nitrogens is 2. The maximum Gasteiger partial charge on any atom is 0.295 e. The summed E-state index contributed by atoms with van der Waals surface area (Å²) >= 11 is 0. The van der Waals surface area contributed by atoms with Crippen LogP contribution in [0.5, 0.6) is 5.75 Å². The van der Waals surface area contributed by atoms with E-state index >= 15 is 0 Å². The quantitative estimate of drug-likeness (QED) is 0.357. The lowest BCUT2D eigenvalue weighted by Crippen LogP contribution is -2.23. The normalized spacial score (nSPS) is 10.8. The van der Waals surface area contributed by atoms with Crippen molar-refractivity contribution in [2.75, 3.05) is 17.2 Å². The second-order valence-corrected chi connectivity index (χ2v) is 9.16. The van der Waals surface area contributed by atoms with Gasteiger partial charge in [0.25, 0.3) is 17.4 Å². The van der Waals surface area contributed by atoms with E-state index in [4.69, 9.17) is 4.74 Å². The fraction of sp³-hybridized carbons (Fsp3) is 0.207. The van der Waals surface area contributed by atoms with Gasteiger partial charge in [0.15, 0.2) is 0 Å². The predicted molar refractivity (Wildman–Crippen MR) is 145 cm³/mol. The Balaban J connectivity index is 1.50. The van der Waals surface area contributed by atoms with E-state index in [9.17, 15) is 14.4 Å². The zero-order valence-electron chi connectivity index (χ0n) is 21.3. The van der Waals surface area contributed by atoms with Gasteiger partial charge < -0.3 is 15.4 Å². The molecule has 0 aliphatic rings. The molecule has 0 aliphatic carbocycles. The van der Waals surface area contributed by atoms with Gasteiger partial charge in [-0.1, -0.05) is 44.2 Å². The molecule has 1 heterocycles. The molecule has 2 amide bonds. The van der Waals surface area contributed by atoms with E-state index in [1.807, 2.05) is 30.3 Å². The lowest BCUT2D eigenvalue weighted by atomic mass is 10.1. The van der Waals surface area contributed by atoms with Crippen molar-refractivity contribution in [2.45, 2.75) is 20.8 Å². The van der Waals surface area contributed by atoms with Crippen molar-refractivity contribution >= 4 is 23.2 Å². The van der Waals surface area contributed by atoms with Gasteiger partial charge in [-0.25, -0.2) is 4.68 Å². The molecule has 0 unspecified atom stereocenters. The van der Waals surface area contributed by atoms with Gasteiger partial charge in [-0.2, -0.15) is 0 Å². The van der Waals surface area contributed by atoms with E-state index in [1.165, 1.54) is 4.68 Å². The van der Waals surface area contributed by atoms with Crippen LogP contribution in [0, 0.1) is 12.8 Å². The minimum absolute atomic E-state index is 0.198. The second-order valence-electron chi connectivity index (χ2n) is 9.16. The molecule has 0 bridgehead atoms. The van der Waals surface area contributed by atoms with Crippen LogP contribution >= 0.6 is 0 Å². The van der Waals surface area contributed by atoms with E-state index in [0.717, 1.165) is 0 Å². The number of carbonyl (C=O) groups excluding carboxylic acids is 2. The van der Waals surface area contributed by atoms with Gasteiger partial charge in [-0.3, -0.25) is 19.1 Å². The summed E-state index contributed by atoms with van der Waals surface area (Å²) in [6, 6.07) is 22.7. The molecule has 190 valence electrons. The largest absolute Gasteiger partial charge is 0.493 e. The molecule has 4 rings (SSSR count). The molecule has 4 aromatic rings. The number of hydrogen-bond acceptors (Lipinski definition) is 4. The first-order chi connectivity index (χ1) is 17.7. The van der Waals surface area contributed by atoms with Crippen molar-refractivity contribution in [3.63, 3.8) is 0 Å². The van der Waals surface area contributed by atoms with E-state index in [0.29, 0.717) is 46.5 Å². The summed E-state index contributed by atoms with van der Waals surface area (Å²) < 4.78 is 8.91. The van der Waals surface area contributed by atoms with Gasteiger partial charge in [-0.15, -0.1) is 0 Å². The number of hydrogen-bond donors (Lipinski definition) is 2. The van der Waals surface area contributed by atoms with Crippen molar-refractivity contribution in [1.82, 2.24) is 9.36 Å². The van der Waals surface area contributed by atoms with Gasteiger partial charge in [0.1, 0.15) is 11.4 Å². The standard InChI is InChI=1S/C29H30N4O4/c1-19(2)18-37-25-15-9-11-22(17-25)27(34)30-23-12-8-10-21(16-23)28(35)31-26-20(3)32(4)33(29(26)36)24-13-6-5-7-14-24/h5-17,19H,18H2,1-4H3,(H,30,34)(H,31,35).